The van der Waals surface area contributed by atoms with Crippen LogP contribution < -0.4 is 0 Å². The van der Waals surface area contributed by atoms with Gasteiger partial charge in [-0.05, 0) is 31.9 Å². The lowest BCUT2D eigenvalue weighted by molar-refractivity contribution is -0.385. The highest BCUT2D eigenvalue weighted by Gasteiger charge is 2.22. The summed E-state index contributed by atoms with van der Waals surface area (Å²) < 4.78 is 0. The van der Waals surface area contributed by atoms with Crippen LogP contribution in [-0.2, 0) is 4.79 Å². The Morgan fingerprint density at radius 1 is 1.32 bits per heavy atom. The van der Waals surface area contributed by atoms with E-state index in [0.717, 1.165) is 25.9 Å². The van der Waals surface area contributed by atoms with Crippen LogP contribution >= 0.6 is 0 Å². The SMILES string of the molecule is Cc1cc(C(=O)N(C)CC(=O)N2CCCC2)ccc1[N+](=O)[O-]. The van der Waals surface area contributed by atoms with Crippen LogP contribution in [0.3, 0.4) is 0 Å². The summed E-state index contributed by atoms with van der Waals surface area (Å²) in [5.41, 5.74) is 0.752. The maximum absolute atomic E-state index is 12.3. The smallest absolute Gasteiger partial charge is 0.272 e. The molecule has 1 heterocycles. The van der Waals surface area contributed by atoms with Crippen molar-refractivity contribution in [1.29, 1.82) is 0 Å². The molecule has 118 valence electrons. The zero-order valence-electron chi connectivity index (χ0n) is 12.7. The van der Waals surface area contributed by atoms with Crippen molar-refractivity contribution in [3.63, 3.8) is 0 Å². The molecule has 0 unspecified atom stereocenters. The van der Waals surface area contributed by atoms with Crippen LogP contribution in [0.4, 0.5) is 5.69 Å². The van der Waals surface area contributed by atoms with Crippen molar-refractivity contribution in [2.75, 3.05) is 26.7 Å². The predicted octanol–water partition coefficient (Wildman–Crippen LogP) is 1.60. The fourth-order valence-electron chi connectivity index (χ4n) is 2.55. The van der Waals surface area contributed by atoms with E-state index < -0.39 is 4.92 Å². The molecule has 1 aromatic rings. The predicted molar refractivity (Wildman–Crippen MR) is 80.6 cm³/mol. The Morgan fingerprint density at radius 3 is 2.50 bits per heavy atom. The summed E-state index contributed by atoms with van der Waals surface area (Å²) in [5.74, 6) is -0.377. The van der Waals surface area contributed by atoms with Crippen LogP contribution in [-0.4, -0.2) is 53.2 Å². The van der Waals surface area contributed by atoms with Gasteiger partial charge in [0.25, 0.3) is 11.6 Å². The molecule has 0 N–H and O–H groups in total. The molecule has 0 saturated carbocycles. The highest BCUT2D eigenvalue weighted by atomic mass is 16.6. The Hall–Kier alpha value is -2.44. The van der Waals surface area contributed by atoms with E-state index in [9.17, 15) is 19.7 Å². The molecular formula is C15H19N3O4. The van der Waals surface area contributed by atoms with Crippen LogP contribution in [0.2, 0.25) is 0 Å². The summed E-state index contributed by atoms with van der Waals surface area (Å²) >= 11 is 0. The molecule has 7 heteroatoms. The van der Waals surface area contributed by atoms with E-state index in [-0.39, 0.29) is 24.0 Å². The van der Waals surface area contributed by atoms with Crippen LogP contribution in [0.5, 0.6) is 0 Å². The monoisotopic (exact) mass is 305 g/mol. The fraction of sp³-hybridized carbons (Fsp3) is 0.467. The number of carbonyl (C=O) groups is 2. The first kappa shape index (κ1) is 15.9. The van der Waals surface area contributed by atoms with Crippen molar-refractivity contribution in [1.82, 2.24) is 9.80 Å². The normalized spacial score (nSPS) is 14.0. The van der Waals surface area contributed by atoms with Crippen LogP contribution in [0.1, 0.15) is 28.8 Å². The zero-order chi connectivity index (χ0) is 16.3. The molecule has 0 bridgehead atoms. The molecule has 0 radical (unpaired) electrons. The Labute approximate surface area is 128 Å². The lowest BCUT2D eigenvalue weighted by atomic mass is 10.1. The van der Waals surface area contributed by atoms with E-state index in [1.54, 1.807) is 18.9 Å². The molecule has 0 aliphatic carbocycles. The number of nitrogens with zero attached hydrogens (tertiary/aromatic N) is 3. The molecule has 1 aliphatic heterocycles. The van der Waals surface area contributed by atoms with Gasteiger partial charge < -0.3 is 9.80 Å². The molecule has 0 atom stereocenters. The molecule has 2 rings (SSSR count). The van der Waals surface area contributed by atoms with E-state index in [4.69, 9.17) is 0 Å². The van der Waals surface area contributed by atoms with Crippen molar-refractivity contribution >= 4 is 17.5 Å². The molecule has 0 aromatic heterocycles. The number of hydrogen-bond acceptors (Lipinski definition) is 4. The number of nitro groups is 1. The third kappa shape index (κ3) is 3.41. The van der Waals surface area contributed by atoms with Crippen molar-refractivity contribution in [3.05, 3.63) is 39.4 Å². The minimum absolute atomic E-state index is 0.0210. The lowest BCUT2D eigenvalue weighted by Crippen LogP contribution is -2.39. The van der Waals surface area contributed by atoms with Gasteiger partial charge in [0.05, 0.1) is 11.5 Å². The van der Waals surface area contributed by atoms with Crippen molar-refractivity contribution in [2.24, 2.45) is 0 Å². The summed E-state index contributed by atoms with van der Waals surface area (Å²) in [5, 5.41) is 10.8. The van der Waals surface area contributed by atoms with Gasteiger partial charge in [-0.2, -0.15) is 0 Å². The number of likely N-dealkylation sites (N-methyl/N-ethyl adjacent to an activating group) is 1. The number of benzene rings is 1. The van der Waals surface area contributed by atoms with Gasteiger partial charge in [-0.15, -0.1) is 0 Å². The van der Waals surface area contributed by atoms with Gasteiger partial charge in [0.2, 0.25) is 5.91 Å². The molecule has 7 nitrogen and oxygen atoms in total. The number of amides is 2. The van der Waals surface area contributed by atoms with Crippen molar-refractivity contribution in [3.8, 4) is 0 Å². The molecule has 1 fully saturated rings. The number of rotatable bonds is 4. The summed E-state index contributed by atoms with van der Waals surface area (Å²) in [7, 11) is 1.56. The molecule has 2 amide bonds. The van der Waals surface area contributed by atoms with E-state index in [1.165, 1.54) is 23.1 Å². The minimum Gasteiger partial charge on any atom is -0.341 e. The maximum Gasteiger partial charge on any atom is 0.272 e. The molecule has 1 aromatic carbocycles. The van der Waals surface area contributed by atoms with Gasteiger partial charge in [0.15, 0.2) is 0 Å². The van der Waals surface area contributed by atoms with Gasteiger partial charge in [-0.1, -0.05) is 0 Å². The lowest BCUT2D eigenvalue weighted by Gasteiger charge is -2.21. The maximum atomic E-state index is 12.3. The second-order valence-corrected chi connectivity index (χ2v) is 5.51. The summed E-state index contributed by atoms with van der Waals surface area (Å²) in [6.07, 6.45) is 2.01. The number of carbonyl (C=O) groups excluding carboxylic acids is 2. The molecule has 0 spiro atoms. The minimum atomic E-state index is -0.482. The standard InChI is InChI=1S/C15H19N3O4/c1-11-9-12(5-6-13(11)18(21)22)15(20)16(2)10-14(19)17-7-3-4-8-17/h5-6,9H,3-4,7-8,10H2,1-2H3. The molecule has 1 saturated heterocycles. The quantitative estimate of drug-likeness (QED) is 0.624. The Kier molecular flexibility index (Phi) is 4.75. The van der Waals surface area contributed by atoms with Gasteiger partial charge in [0, 0.05) is 37.3 Å². The number of hydrogen-bond donors (Lipinski definition) is 0. The van der Waals surface area contributed by atoms with Crippen LogP contribution in [0, 0.1) is 17.0 Å². The average Bonchev–Trinajstić information content (AvgIpc) is 3.00. The number of aryl methyl sites for hydroxylation is 1. The van der Waals surface area contributed by atoms with E-state index >= 15 is 0 Å². The fourth-order valence-corrected chi connectivity index (χ4v) is 2.55. The molecular weight excluding hydrogens is 286 g/mol. The Bertz CT molecular complexity index is 609. The number of nitro benzene ring substituents is 1. The van der Waals surface area contributed by atoms with Crippen LogP contribution in [0.15, 0.2) is 18.2 Å². The average molecular weight is 305 g/mol. The van der Waals surface area contributed by atoms with Gasteiger partial charge >= 0.3 is 0 Å². The first-order chi connectivity index (χ1) is 10.4. The van der Waals surface area contributed by atoms with Gasteiger partial charge in [0.1, 0.15) is 0 Å². The van der Waals surface area contributed by atoms with E-state index in [1.807, 2.05) is 0 Å². The van der Waals surface area contributed by atoms with Crippen molar-refractivity contribution in [2.45, 2.75) is 19.8 Å². The van der Waals surface area contributed by atoms with Gasteiger partial charge in [-0.3, -0.25) is 19.7 Å². The summed E-state index contributed by atoms with van der Waals surface area (Å²) in [6.45, 7) is 3.11. The molecule has 22 heavy (non-hydrogen) atoms. The van der Waals surface area contributed by atoms with E-state index in [2.05, 4.69) is 0 Å². The second kappa shape index (κ2) is 6.55. The largest absolute Gasteiger partial charge is 0.341 e. The summed E-state index contributed by atoms with van der Waals surface area (Å²) in [6, 6.07) is 4.22. The first-order valence-electron chi connectivity index (χ1n) is 7.18. The highest BCUT2D eigenvalue weighted by Crippen LogP contribution is 2.19. The van der Waals surface area contributed by atoms with Crippen LogP contribution in [0.25, 0.3) is 0 Å². The third-order valence-electron chi connectivity index (χ3n) is 3.82. The third-order valence-corrected chi connectivity index (χ3v) is 3.82. The highest BCUT2D eigenvalue weighted by molar-refractivity contribution is 5.96. The number of likely N-dealkylation sites (tertiary alicyclic amines) is 1. The molecule has 1 aliphatic rings. The van der Waals surface area contributed by atoms with E-state index in [0.29, 0.717) is 11.1 Å². The first-order valence-corrected chi connectivity index (χ1v) is 7.18. The zero-order valence-corrected chi connectivity index (χ0v) is 12.7. The Morgan fingerprint density at radius 2 is 1.95 bits per heavy atom. The van der Waals surface area contributed by atoms with Gasteiger partial charge in [-0.25, -0.2) is 0 Å². The second-order valence-electron chi connectivity index (χ2n) is 5.51. The Balaban J connectivity index is 2.05. The topological polar surface area (TPSA) is 83.8 Å². The summed E-state index contributed by atoms with van der Waals surface area (Å²) in [4.78, 5) is 37.8. The van der Waals surface area contributed by atoms with Crippen molar-refractivity contribution < 1.29 is 14.5 Å².